The average molecular weight is 248 g/mol. The second kappa shape index (κ2) is 6.18. The van der Waals surface area contributed by atoms with Crippen LogP contribution in [0.3, 0.4) is 0 Å². The van der Waals surface area contributed by atoms with E-state index in [-0.39, 0.29) is 18.8 Å². The molecule has 0 saturated heterocycles. The quantitative estimate of drug-likeness (QED) is 0.625. The van der Waals surface area contributed by atoms with Gasteiger partial charge in [0.05, 0.1) is 6.04 Å². The summed E-state index contributed by atoms with van der Waals surface area (Å²) < 4.78 is 4.99. The highest BCUT2D eigenvalue weighted by atomic mass is 16.7. The lowest BCUT2D eigenvalue weighted by atomic mass is 10.2. The van der Waals surface area contributed by atoms with E-state index in [1.54, 1.807) is 0 Å². The molecule has 96 valence electrons. The van der Waals surface area contributed by atoms with Crippen LogP contribution in [0.2, 0.25) is 0 Å². The lowest BCUT2D eigenvalue weighted by molar-refractivity contribution is -0.0248. The van der Waals surface area contributed by atoms with Crippen LogP contribution in [0.4, 0.5) is 4.79 Å². The number of hydrogen-bond acceptors (Lipinski definition) is 4. The number of carbonyl (C=O) groups excluding carboxylic acids is 1. The van der Waals surface area contributed by atoms with Crippen molar-refractivity contribution in [3.8, 4) is 0 Å². The predicted octanol–water partition coefficient (Wildman–Crippen LogP) is 1.50. The summed E-state index contributed by atoms with van der Waals surface area (Å²) in [4.78, 5) is 16.5. The number of rotatable bonds is 4. The third-order valence-corrected chi connectivity index (χ3v) is 2.66. The summed E-state index contributed by atoms with van der Waals surface area (Å²) in [5, 5.41) is 0. The molecule has 5 heteroatoms. The summed E-state index contributed by atoms with van der Waals surface area (Å²) in [7, 11) is 0. The van der Waals surface area contributed by atoms with E-state index in [0.29, 0.717) is 6.42 Å². The lowest BCUT2D eigenvalue weighted by Gasteiger charge is -2.15. The molecule has 18 heavy (non-hydrogen) atoms. The predicted molar refractivity (Wildman–Crippen MR) is 66.4 cm³/mol. The Kier molecular flexibility index (Phi) is 4.33. The van der Waals surface area contributed by atoms with Crippen molar-refractivity contribution >= 4 is 6.09 Å². The summed E-state index contributed by atoms with van der Waals surface area (Å²) in [6.07, 6.45) is 3.64. The third-order valence-electron chi connectivity index (χ3n) is 2.66. The Morgan fingerprint density at radius 3 is 2.83 bits per heavy atom. The van der Waals surface area contributed by atoms with Gasteiger partial charge in [-0.25, -0.2) is 4.79 Å². The molecule has 2 unspecified atom stereocenters. The first-order valence-electron chi connectivity index (χ1n) is 5.80. The van der Waals surface area contributed by atoms with Gasteiger partial charge >= 0.3 is 6.09 Å². The topological polar surface area (TPSA) is 73.6 Å². The second-order valence-electron chi connectivity index (χ2n) is 4.06. The van der Waals surface area contributed by atoms with Gasteiger partial charge in [0.15, 0.2) is 0 Å². The summed E-state index contributed by atoms with van der Waals surface area (Å²) in [5.41, 5.74) is 8.89. The fourth-order valence-electron chi connectivity index (χ4n) is 1.65. The summed E-state index contributed by atoms with van der Waals surface area (Å²) in [5.74, 6) is 0. The van der Waals surface area contributed by atoms with Gasteiger partial charge in [0.2, 0.25) is 0 Å². The van der Waals surface area contributed by atoms with Crippen LogP contribution in [0.5, 0.6) is 0 Å². The van der Waals surface area contributed by atoms with E-state index in [1.807, 2.05) is 42.5 Å². The molecule has 3 N–H and O–H groups in total. The summed E-state index contributed by atoms with van der Waals surface area (Å²) in [6, 6.07) is 9.25. The van der Waals surface area contributed by atoms with E-state index in [1.165, 1.54) is 0 Å². The fraction of sp³-hybridized carbons (Fsp3) is 0.308. The van der Waals surface area contributed by atoms with Crippen LogP contribution in [0.15, 0.2) is 42.5 Å². The van der Waals surface area contributed by atoms with Crippen LogP contribution in [0.1, 0.15) is 12.0 Å². The Morgan fingerprint density at radius 2 is 2.17 bits per heavy atom. The molecule has 2 rings (SSSR count). The van der Waals surface area contributed by atoms with E-state index < -0.39 is 6.09 Å². The Balaban J connectivity index is 1.67. The maximum absolute atomic E-state index is 11.4. The molecule has 1 aliphatic rings. The largest absolute Gasteiger partial charge is 0.443 e. The molecule has 0 aromatic heterocycles. The van der Waals surface area contributed by atoms with Gasteiger partial charge in [-0.15, -0.1) is 0 Å². The first kappa shape index (κ1) is 12.6. The molecule has 1 aromatic rings. The molecule has 0 radical (unpaired) electrons. The van der Waals surface area contributed by atoms with Gasteiger partial charge in [-0.05, 0) is 12.0 Å². The van der Waals surface area contributed by atoms with Crippen LogP contribution in [-0.2, 0) is 16.2 Å². The van der Waals surface area contributed by atoms with Crippen molar-refractivity contribution in [1.82, 2.24) is 5.48 Å². The molecule has 1 aromatic carbocycles. The van der Waals surface area contributed by atoms with E-state index >= 15 is 0 Å². The summed E-state index contributed by atoms with van der Waals surface area (Å²) >= 11 is 0. The smallest absolute Gasteiger partial charge is 0.431 e. The normalized spacial score (nSPS) is 21.8. The zero-order valence-electron chi connectivity index (χ0n) is 9.91. The third kappa shape index (κ3) is 3.58. The molecule has 0 bridgehead atoms. The van der Waals surface area contributed by atoms with Gasteiger partial charge in [0, 0.05) is 0 Å². The van der Waals surface area contributed by atoms with Crippen molar-refractivity contribution in [3.05, 3.63) is 48.0 Å². The van der Waals surface area contributed by atoms with Crippen molar-refractivity contribution < 1.29 is 14.4 Å². The van der Waals surface area contributed by atoms with Crippen molar-refractivity contribution in [2.75, 3.05) is 0 Å². The van der Waals surface area contributed by atoms with Gasteiger partial charge in [-0.3, -0.25) is 4.84 Å². The number of ether oxygens (including phenoxy) is 1. The van der Waals surface area contributed by atoms with Gasteiger partial charge in [-0.2, -0.15) is 5.48 Å². The van der Waals surface area contributed by atoms with Crippen LogP contribution in [0, 0.1) is 0 Å². The molecule has 2 atom stereocenters. The van der Waals surface area contributed by atoms with E-state index in [2.05, 4.69) is 5.48 Å². The molecule has 5 nitrogen and oxygen atoms in total. The van der Waals surface area contributed by atoms with Crippen molar-refractivity contribution in [2.24, 2.45) is 5.73 Å². The number of hydrogen-bond donors (Lipinski definition) is 2. The number of nitrogens with two attached hydrogens (primary N) is 1. The van der Waals surface area contributed by atoms with Gasteiger partial charge < -0.3 is 10.5 Å². The Hall–Kier alpha value is -1.85. The molecule has 1 amide bonds. The van der Waals surface area contributed by atoms with Crippen LogP contribution in [-0.4, -0.2) is 18.2 Å². The maximum atomic E-state index is 11.4. The number of amides is 1. The Morgan fingerprint density at radius 1 is 1.39 bits per heavy atom. The molecular weight excluding hydrogens is 232 g/mol. The standard InChI is InChI=1S/C13H16N2O3/c14-11-7-4-8-12(11)18-15-13(16)17-9-10-5-2-1-3-6-10/h1-7,11-12H,8-9,14H2,(H,15,16). The second-order valence-corrected chi connectivity index (χ2v) is 4.06. The molecule has 0 aliphatic heterocycles. The zero-order valence-corrected chi connectivity index (χ0v) is 9.91. The first-order valence-corrected chi connectivity index (χ1v) is 5.80. The Labute approximate surface area is 106 Å². The molecule has 0 fully saturated rings. The minimum atomic E-state index is -0.613. The van der Waals surface area contributed by atoms with Gasteiger partial charge in [0.1, 0.15) is 12.7 Å². The molecule has 1 aliphatic carbocycles. The number of benzene rings is 1. The highest BCUT2D eigenvalue weighted by Crippen LogP contribution is 2.11. The van der Waals surface area contributed by atoms with Crippen LogP contribution < -0.4 is 11.2 Å². The molecule has 0 heterocycles. The number of hydroxylamine groups is 1. The summed E-state index contributed by atoms with van der Waals surface area (Å²) in [6.45, 7) is 0.213. The Bertz CT molecular complexity index is 420. The molecular formula is C13H16N2O3. The minimum absolute atomic E-state index is 0.181. The van der Waals surface area contributed by atoms with E-state index in [0.717, 1.165) is 5.56 Å². The van der Waals surface area contributed by atoms with Crippen LogP contribution >= 0.6 is 0 Å². The lowest BCUT2D eigenvalue weighted by Crippen LogP contribution is -2.38. The number of carbonyl (C=O) groups is 1. The molecule has 0 spiro atoms. The van der Waals surface area contributed by atoms with E-state index in [9.17, 15) is 4.79 Å². The highest BCUT2D eigenvalue weighted by molar-refractivity contribution is 5.65. The van der Waals surface area contributed by atoms with Crippen molar-refractivity contribution in [1.29, 1.82) is 0 Å². The average Bonchev–Trinajstić information content (AvgIpc) is 2.81. The fourth-order valence-corrected chi connectivity index (χ4v) is 1.65. The SMILES string of the molecule is NC1C=CCC1ONC(=O)OCc1ccccc1. The van der Waals surface area contributed by atoms with Crippen LogP contribution in [0.25, 0.3) is 0 Å². The zero-order chi connectivity index (χ0) is 12.8. The maximum Gasteiger partial charge on any atom is 0.431 e. The first-order chi connectivity index (χ1) is 8.75. The van der Waals surface area contributed by atoms with Crippen molar-refractivity contribution in [3.63, 3.8) is 0 Å². The van der Waals surface area contributed by atoms with E-state index in [4.69, 9.17) is 15.3 Å². The van der Waals surface area contributed by atoms with Gasteiger partial charge in [-0.1, -0.05) is 42.5 Å². The monoisotopic (exact) mass is 248 g/mol. The number of nitrogens with one attached hydrogen (secondary N) is 1. The molecule has 0 saturated carbocycles. The minimum Gasteiger partial charge on any atom is -0.443 e. The van der Waals surface area contributed by atoms with Crippen molar-refractivity contribution in [2.45, 2.75) is 25.2 Å². The highest BCUT2D eigenvalue weighted by Gasteiger charge is 2.21. The van der Waals surface area contributed by atoms with Gasteiger partial charge in [0.25, 0.3) is 0 Å².